The largest absolute Gasteiger partial charge is 0.475 e. The van der Waals surface area contributed by atoms with Crippen molar-refractivity contribution in [3.63, 3.8) is 0 Å². The van der Waals surface area contributed by atoms with Gasteiger partial charge in [0.1, 0.15) is 24.1 Å². The number of nitrogen functional groups attached to an aromatic ring is 1. The van der Waals surface area contributed by atoms with Crippen LogP contribution in [0.2, 0.25) is 0 Å². The number of ether oxygens (including phenoxy) is 1. The molecule has 0 bridgehead atoms. The Morgan fingerprint density at radius 2 is 1.65 bits per heavy atom. The Labute approximate surface area is 258 Å². The molecule has 1 fully saturated rings. The van der Waals surface area contributed by atoms with Crippen LogP contribution in [0.5, 0.6) is 0 Å². The van der Waals surface area contributed by atoms with Crippen LogP contribution in [0.3, 0.4) is 0 Å². The number of aliphatic hydroxyl groups excluding tert-OH is 2. The molecular formula is C26H39N5O9PS2+. The lowest BCUT2D eigenvalue weighted by Gasteiger charge is -2.22. The van der Waals surface area contributed by atoms with Crippen molar-refractivity contribution in [2.45, 2.75) is 65.6 Å². The molecule has 2 aromatic rings. The average molecular weight is 661 g/mol. The van der Waals surface area contributed by atoms with Crippen LogP contribution in [0.25, 0.3) is 10.4 Å². The second kappa shape index (κ2) is 13.9. The molecule has 1 saturated heterocycles. The molecule has 1 aliphatic heterocycles. The molecule has 0 radical (unpaired) electrons. The summed E-state index contributed by atoms with van der Waals surface area (Å²) in [7, 11) is -4.38. The van der Waals surface area contributed by atoms with Crippen LogP contribution in [0.1, 0.15) is 53.3 Å². The SMILES string of the molecule is C#[N+][C@]1(COP(=O)(OCCSC(=O)C(C)(C)C)OCCSC(=O)C(C)(C)C)O[C@@H](c2ccc3c(N)ncnn23)[C@H](O)[C@@H]1O. The molecule has 238 valence electrons. The predicted octanol–water partition coefficient (Wildman–Crippen LogP) is 3.53. The highest BCUT2D eigenvalue weighted by atomic mass is 32.2. The van der Waals surface area contributed by atoms with Gasteiger partial charge in [0, 0.05) is 22.3 Å². The van der Waals surface area contributed by atoms with E-state index in [0.717, 1.165) is 23.5 Å². The number of carbonyl (C=O) groups is 2. The molecule has 17 heteroatoms. The quantitative estimate of drug-likeness (QED) is 0.221. The first kappa shape index (κ1) is 35.4. The number of nitrogens with two attached hydrogens (primary N) is 1. The summed E-state index contributed by atoms with van der Waals surface area (Å²) in [4.78, 5) is 32.1. The number of nitrogens with zero attached hydrogens (tertiary/aromatic N) is 4. The summed E-state index contributed by atoms with van der Waals surface area (Å²) in [5.74, 6) is 0.498. The van der Waals surface area contributed by atoms with Gasteiger partial charge in [-0.2, -0.15) is 5.10 Å². The number of aliphatic hydroxyl groups is 2. The van der Waals surface area contributed by atoms with Crippen molar-refractivity contribution < 1.29 is 42.7 Å². The zero-order chi connectivity index (χ0) is 32.2. The van der Waals surface area contributed by atoms with E-state index in [4.69, 9.17) is 30.6 Å². The summed E-state index contributed by atoms with van der Waals surface area (Å²) in [6, 6.07) is 3.20. The molecule has 4 atom stereocenters. The van der Waals surface area contributed by atoms with Crippen molar-refractivity contribution in [1.82, 2.24) is 14.6 Å². The first-order chi connectivity index (χ1) is 19.9. The number of hydrogen-bond donors (Lipinski definition) is 3. The van der Waals surface area contributed by atoms with E-state index in [-0.39, 0.29) is 40.8 Å². The van der Waals surface area contributed by atoms with E-state index in [1.54, 1.807) is 53.7 Å². The van der Waals surface area contributed by atoms with Gasteiger partial charge in [-0.1, -0.05) is 65.1 Å². The van der Waals surface area contributed by atoms with Crippen molar-refractivity contribution in [3.05, 3.63) is 29.0 Å². The lowest BCUT2D eigenvalue weighted by molar-refractivity contribution is -0.118. The molecule has 3 rings (SSSR count). The fourth-order valence-corrected chi connectivity index (χ4v) is 6.78. The highest BCUT2D eigenvalue weighted by Gasteiger charge is 2.65. The van der Waals surface area contributed by atoms with Crippen molar-refractivity contribution >= 4 is 52.9 Å². The van der Waals surface area contributed by atoms with Gasteiger partial charge in [0.05, 0.1) is 18.9 Å². The maximum atomic E-state index is 13.6. The lowest BCUT2D eigenvalue weighted by atomic mass is 9.99. The molecule has 0 unspecified atom stereocenters. The molecule has 3 heterocycles. The van der Waals surface area contributed by atoms with E-state index in [9.17, 15) is 24.4 Å². The minimum atomic E-state index is -4.38. The monoisotopic (exact) mass is 660 g/mol. The predicted molar refractivity (Wildman–Crippen MR) is 164 cm³/mol. The van der Waals surface area contributed by atoms with Crippen LogP contribution in [0, 0.1) is 17.4 Å². The van der Waals surface area contributed by atoms with Crippen molar-refractivity contribution in [2.24, 2.45) is 10.8 Å². The van der Waals surface area contributed by atoms with Crippen molar-refractivity contribution in [1.29, 1.82) is 0 Å². The number of rotatable bonds is 12. The molecule has 14 nitrogen and oxygen atoms in total. The van der Waals surface area contributed by atoms with Crippen LogP contribution in [-0.2, 0) is 32.5 Å². The fraction of sp³-hybridized carbons (Fsp3) is 0.654. The normalized spacial score (nSPS) is 23.0. The number of anilines is 1. The second-order valence-electron chi connectivity index (χ2n) is 11.8. The Hall–Kier alpha value is -2.06. The zero-order valence-corrected chi connectivity index (χ0v) is 27.5. The Bertz CT molecular complexity index is 1370. The number of carbonyl (C=O) groups excluding carboxylic acids is 2. The summed E-state index contributed by atoms with van der Waals surface area (Å²) in [6.45, 7) is 15.2. The molecule has 0 saturated carbocycles. The number of hydrogen-bond acceptors (Lipinski definition) is 14. The van der Waals surface area contributed by atoms with Gasteiger partial charge in [0.25, 0.3) is 6.57 Å². The number of phosphoric acid groups is 1. The first-order valence-corrected chi connectivity index (χ1v) is 16.8. The van der Waals surface area contributed by atoms with E-state index >= 15 is 0 Å². The van der Waals surface area contributed by atoms with Crippen LogP contribution < -0.4 is 5.73 Å². The Balaban J connectivity index is 1.74. The van der Waals surface area contributed by atoms with E-state index in [2.05, 4.69) is 14.9 Å². The van der Waals surface area contributed by atoms with E-state index in [0.29, 0.717) is 11.2 Å². The van der Waals surface area contributed by atoms with Gasteiger partial charge in [-0.3, -0.25) is 27.9 Å². The highest BCUT2D eigenvalue weighted by molar-refractivity contribution is 8.14. The van der Waals surface area contributed by atoms with E-state index in [1.807, 2.05) is 0 Å². The van der Waals surface area contributed by atoms with Crippen molar-refractivity contribution in [2.75, 3.05) is 37.1 Å². The average Bonchev–Trinajstić information content (AvgIpc) is 3.47. The second-order valence-corrected chi connectivity index (χ2v) is 15.6. The molecule has 4 N–H and O–H groups in total. The maximum absolute atomic E-state index is 13.6. The van der Waals surface area contributed by atoms with Crippen LogP contribution in [0.4, 0.5) is 5.82 Å². The zero-order valence-electron chi connectivity index (χ0n) is 25.0. The van der Waals surface area contributed by atoms with Crippen LogP contribution in [-0.4, -0.2) is 84.3 Å². The van der Waals surface area contributed by atoms with Crippen molar-refractivity contribution in [3.8, 4) is 6.57 Å². The fourth-order valence-electron chi connectivity index (χ4n) is 3.76. The smallest absolute Gasteiger partial charge is 0.387 e. The molecule has 2 aromatic heterocycles. The van der Waals surface area contributed by atoms with Gasteiger partial charge in [0.15, 0.2) is 28.8 Å². The number of fused-ring (bicyclic) bond motifs is 1. The minimum absolute atomic E-state index is 0.0850. The third kappa shape index (κ3) is 8.56. The highest BCUT2D eigenvalue weighted by Crippen LogP contribution is 2.52. The molecule has 0 amide bonds. The summed E-state index contributed by atoms with van der Waals surface area (Å²) < 4.78 is 37.5. The van der Waals surface area contributed by atoms with Crippen LogP contribution >= 0.6 is 31.3 Å². The Kier molecular flexibility index (Phi) is 11.5. The molecule has 1 aliphatic rings. The Morgan fingerprint density at radius 1 is 1.09 bits per heavy atom. The summed E-state index contributed by atoms with van der Waals surface area (Å²) in [5.41, 5.74) is 3.42. The first-order valence-electron chi connectivity index (χ1n) is 13.4. The lowest BCUT2D eigenvalue weighted by Crippen LogP contribution is -2.44. The number of aromatic nitrogens is 3. The van der Waals surface area contributed by atoms with Crippen LogP contribution in [0.15, 0.2) is 18.5 Å². The standard InChI is InChI=1S/C26H39N5O9PS2/c1-24(2,3)22(34)42-12-10-37-41(36,38-11-13-43-23(35)25(4,5)6)39-14-26(28-7)20(33)18(32)19(40-26)16-8-9-17-21(27)29-15-30-31(16)17/h7-9,15,18-20,32-33H,10-14H2,1-6H3,(H2,27,29,30)/q+1/t18-,19-,20-,26+/m0/s1. The third-order valence-electron chi connectivity index (χ3n) is 6.23. The maximum Gasteiger partial charge on any atom is 0.475 e. The Morgan fingerprint density at radius 3 is 2.16 bits per heavy atom. The topological polar surface area (TPSA) is 189 Å². The number of thioether (sulfide) groups is 2. The number of phosphoric ester groups is 1. The molecular weight excluding hydrogens is 621 g/mol. The molecule has 0 aromatic carbocycles. The van der Waals surface area contributed by atoms with Gasteiger partial charge < -0.3 is 15.9 Å². The molecule has 0 spiro atoms. The van der Waals surface area contributed by atoms with E-state index in [1.165, 1.54) is 10.8 Å². The molecule has 0 aliphatic carbocycles. The molecule has 43 heavy (non-hydrogen) atoms. The van der Waals surface area contributed by atoms with Gasteiger partial charge in [-0.15, -0.1) is 0 Å². The summed E-state index contributed by atoms with van der Waals surface area (Å²) in [6.07, 6.45) is -3.24. The van der Waals surface area contributed by atoms with E-state index < -0.39 is 49.3 Å². The minimum Gasteiger partial charge on any atom is -0.387 e. The van der Waals surface area contributed by atoms with Gasteiger partial charge >= 0.3 is 13.5 Å². The van der Waals surface area contributed by atoms with Gasteiger partial charge in [0.2, 0.25) is 0 Å². The summed E-state index contributed by atoms with van der Waals surface area (Å²) in [5, 5.41) is 25.8. The van der Waals surface area contributed by atoms with Gasteiger partial charge in [-0.05, 0) is 17.0 Å². The summed E-state index contributed by atoms with van der Waals surface area (Å²) >= 11 is 2.01. The van der Waals surface area contributed by atoms with Gasteiger partial charge in [-0.25, -0.2) is 14.1 Å². The third-order valence-corrected chi connectivity index (χ3v) is 10.2.